The lowest BCUT2D eigenvalue weighted by Crippen LogP contribution is -2.45. The van der Waals surface area contributed by atoms with Crippen molar-refractivity contribution in [2.24, 2.45) is 0 Å². The van der Waals surface area contributed by atoms with Crippen LogP contribution in [-0.2, 0) is 0 Å². The number of hydrogen-bond acceptors (Lipinski definition) is 7. The van der Waals surface area contributed by atoms with E-state index in [1.54, 1.807) is 0 Å². The summed E-state index contributed by atoms with van der Waals surface area (Å²) in [7, 11) is 2.12. The van der Waals surface area contributed by atoms with Gasteiger partial charge in [0.15, 0.2) is 23.3 Å². The average Bonchev–Trinajstić information content (AvgIpc) is 3.15. The lowest BCUT2D eigenvalue weighted by atomic mass is 10.2. The summed E-state index contributed by atoms with van der Waals surface area (Å²) in [6.45, 7) is 5.58. The molecule has 0 radical (unpaired) electrons. The summed E-state index contributed by atoms with van der Waals surface area (Å²) in [5, 5.41) is 11.1. The molecule has 1 fully saturated rings. The number of nitrogens with two attached hydrogens (primary N) is 1. The van der Waals surface area contributed by atoms with Crippen LogP contribution in [0.25, 0.3) is 12.2 Å². The molecular weight excluding hydrogens is 400 g/mol. The van der Waals surface area contributed by atoms with Gasteiger partial charge in [-0.2, -0.15) is 5.10 Å². The third-order valence-corrected chi connectivity index (χ3v) is 5.24. The molecular formula is C21H25ClN8. The number of nitrogens with zero attached hydrogens (tertiary/aromatic N) is 5. The molecule has 3 heterocycles. The largest absolute Gasteiger partial charge is 0.393 e. The maximum absolute atomic E-state index is 6.48. The van der Waals surface area contributed by atoms with Gasteiger partial charge in [-0.15, -0.1) is 0 Å². The fourth-order valence-electron chi connectivity index (χ4n) is 3.25. The molecule has 0 amide bonds. The Morgan fingerprint density at radius 2 is 1.83 bits per heavy atom. The number of likely N-dealkylation sites (N-methyl/N-ethyl adjacent to an activating group) is 1. The van der Waals surface area contributed by atoms with E-state index in [1.807, 2.05) is 49.4 Å². The van der Waals surface area contributed by atoms with Gasteiger partial charge in [0, 0.05) is 43.0 Å². The van der Waals surface area contributed by atoms with Gasteiger partial charge >= 0.3 is 0 Å². The van der Waals surface area contributed by atoms with Crippen molar-refractivity contribution in [2.75, 3.05) is 49.2 Å². The van der Waals surface area contributed by atoms with Crippen LogP contribution in [0.2, 0.25) is 5.02 Å². The maximum atomic E-state index is 6.48. The summed E-state index contributed by atoms with van der Waals surface area (Å²) in [5.41, 5.74) is 8.96. The first-order valence-corrected chi connectivity index (χ1v) is 10.2. The third-order valence-electron chi connectivity index (χ3n) is 4.99. The molecule has 3 aromatic rings. The van der Waals surface area contributed by atoms with Gasteiger partial charge in [-0.25, -0.2) is 9.97 Å². The highest BCUT2D eigenvalue weighted by atomic mass is 35.5. The third kappa shape index (κ3) is 4.72. The number of hydrogen-bond donors (Lipinski definition) is 3. The maximum Gasteiger partial charge on any atom is 0.161 e. The number of anilines is 4. The van der Waals surface area contributed by atoms with E-state index in [2.05, 4.69) is 37.3 Å². The van der Waals surface area contributed by atoms with Gasteiger partial charge in [0.2, 0.25) is 0 Å². The Kier molecular flexibility index (Phi) is 5.87. The van der Waals surface area contributed by atoms with Crippen LogP contribution in [-0.4, -0.2) is 58.3 Å². The Morgan fingerprint density at radius 3 is 2.50 bits per heavy atom. The number of aryl methyl sites for hydroxylation is 1. The molecule has 0 atom stereocenters. The highest BCUT2D eigenvalue weighted by Gasteiger charge is 2.21. The average molecular weight is 425 g/mol. The summed E-state index contributed by atoms with van der Waals surface area (Å²) >= 11 is 5.97. The summed E-state index contributed by atoms with van der Waals surface area (Å²) < 4.78 is 0. The zero-order chi connectivity index (χ0) is 21.1. The van der Waals surface area contributed by atoms with Gasteiger partial charge in [-0.05, 0) is 37.7 Å². The number of aromatic nitrogens is 4. The molecule has 2 aromatic heterocycles. The van der Waals surface area contributed by atoms with Crippen molar-refractivity contribution in [3.05, 3.63) is 52.4 Å². The molecule has 8 nitrogen and oxygen atoms in total. The van der Waals surface area contributed by atoms with Gasteiger partial charge in [0.1, 0.15) is 5.69 Å². The van der Waals surface area contributed by atoms with Crippen molar-refractivity contribution >= 4 is 46.9 Å². The molecule has 4 N–H and O–H groups in total. The molecule has 1 saturated heterocycles. The van der Waals surface area contributed by atoms with E-state index >= 15 is 0 Å². The van der Waals surface area contributed by atoms with Crippen LogP contribution in [0.1, 0.15) is 17.1 Å². The zero-order valence-electron chi connectivity index (χ0n) is 17.1. The quantitative estimate of drug-likeness (QED) is 0.577. The number of benzene rings is 1. The summed E-state index contributed by atoms with van der Waals surface area (Å²) in [6.07, 6.45) is 3.83. The highest BCUT2D eigenvalue weighted by molar-refractivity contribution is 6.30. The Hall–Kier alpha value is -3.10. The van der Waals surface area contributed by atoms with Crippen LogP contribution >= 0.6 is 11.6 Å². The van der Waals surface area contributed by atoms with Gasteiger partial charge in [0.25, 0.3) is 0 Å². The van der Waals surface area contributed by atoms with Crippen LogP contribution in [0.15, 0.2) is 30.3 Å². The van der Waals surface area contributed by atoms with Crippen LogP contribution in [0.5, 0.6) is 0 Å². The molecule has 156 valence electrons. The first-order valence-electron chi connectivity index (χ1n) is 9.81. The topological polar surface area (TPSA) is 99.0 Å². The van der Waals surface area contributed by atoms with E-state index in [0.717, 1.165) is 43.3 Å². The number of halogens is 1. The van der Waals surface area contributed by atoms with Crippen molar-refractivity contribution in [3.63, 3.8) is 0 Å². The summed E-state index contributed by atoms with van der Waals surface area (Å²) in [5.74, 6) is 2.52. The summed E-state index contributed by atoms with van der Waals surface area (Å²) in [6, 6.07) is 9.51. The van der Waals surface area contributed by atoms with Crippen LogP contribution in [0.4, 0.5) is 23.1 Å². The summed E-state index contributed by atoms with van der Waals surface area (Å²) in [4.78, 5) is 13.9. The van der Waals surface area contributed by atoms with Crippen molar-refractivity contribution in [1.82, 2.24) is 25.1 Å². The highest BCUT2D eigenvalue weighted by Crippen LogP contribution is 2.30. The second-order valence-corrected chi connectivity index (χ2v) is 7.84. The Labute approximate surface area is 180 Å². The molecule has 1 aliphatic heterocycles. The Morgan fingerprint density at radius 1 is 1.10 bits per heavy atom. The predicted molar refractivity (Wildman–Crippen MR) is 123 cm³/mol. The van der Waals surface area contributed by atoms with Gasteiger partial charge in [0.05, 0.1) is 0 Å². The lowest BCUT2D eigenvalue weighted by Gasteiger charge is -2.34. The molecule has 9 heteroatoms. The van der Waals surface area contributed by atoms with E-state index in [1.165, 1.54) is 0 Å². The number of nitrogens with one attached hydrogen (secondary N) is 2. The van der Waals surface area contributed by atoms with Crippen molar-refractivity contribution in [1.29, 1.82) is 0 Å². The van der Waals surface area contributed by atoms with Gasteiger partial charge < -0.3 is 20.9 Å². The zero-order valence-corrected chi connectivity index (χ0v) is 17.8. The fourth-order valence-corrected chi connectivity index (χ4v) is 3.38. The monoisotopic (exact) mass is 424 g/mol. The Bertz CT molecular complexity index is 1040. The lowest BCUT2D eigenvalue weighted by molar-refractivity contribution is 0.312. The van der Waals surface area contributed by atoms with Crippen molar-refractivity contribution in [3.8, 4) is 0 Å². The normalized spacial score (nSPS) is 15.1. The predicted octanol–water partition coefficient (Wildman–Crippen LogP) is 3.41. The van der Waals surface area contributed by atoms with Crippen molar-refractivity contribution in [2.45, 2.75) is 6.92 Å². The molecule has 1 aliphatic rings. The number of piperazine rings is 1. The number of rotatable bonds is 5. The molecule has 4 rings (SSSR count). The minimum atomic E-state index is 0.517. The molecule has 0 spiro atoms. The second kappa shape index (κ2) is 8.73. The van der Waals surface area contributed by atoms with Crippen LogP contribution < -0.4 is 16.0 Å². The number of nitrogen functional groups attached to an aromatic ring is 1. The van der Waals surface area contributed by atoms with Crippen molar-refractivity contribution < 1.29 is 0 Å². The molecule has 30 heavy (non-hydrogen) atoms. The second-order valence-electron chi connectivity index (χ2n) is 7.40. The fraction of sp³-hybridized carbons (Fsp3) is 0.286. The molecule has 0 saturated carbocycles. The number of aromatic amines is 1. The van der Waals surface area contributed by atoms with E-state index in [-0.39, 0.29) is 0 Å². The van der Waals surface area contributed by atoms with E-state index in [0.29, 0.717) is 28.2 Å². The molecule has 0 unspecified atom stereocenters. The van der Waals surface area contributed by atoms with E-state index in [4.69, 9.17) is 22.3 Å². The van der Waals surface area contributed by atoms with E-state index in [9.17, 15) is 0 Å². The SMILES string of the molecule is Cc1cc(Nc2nc(/C=C/c3ccc(Cl)cc3)nc(N3CCN(C)CC3)c2N)n[nH]1. The van der Waals surface area contributed by atoms with Crippen LogP contribution in [0, 0.1) is 6.92 Å². The molecule has 0 aliphatic carbocycles. The number of H-pyrrole nitrogens is 1. The minimum absolute atomic E-state index is 0.517. The van der Waals surface area contributed by atoms with Gasteiger partial charge in [-0.3, -0.25) is 5.10 Å². The smallest absolute Gasteiger partial charge is 0.161 e. The standard InChI is InChI=1S/C21H25ClN8/c1-14-13-18(28-27-14)25-20-19(23)21(30-11-9-29(2)10-12-30)26-17(24-20)8-5-15-3-6-16(22)7-4-15/h3-8,13H,9-12,23H2,1-2H3,(H2,24,25,26,27,28)/b8-5+. The van der Waals surface area contributed by atoms with Crippen LogP contribution in [0.3, 0.4) is 0 Å². The van der Waals surface area contributed by atoms with E-state index < -0.39 is 0 Å². The first kappa shape index (κ1) is 20.2. The minimum Gasteiger partial charge on any atom is -0.393 e. The Balaban J connectivity index is 1.68. The molecule has 1 aromatic carbocycles. The van der Waals surface area contributed by atoms with Gasteiger partial charge in [-0.1, -0.05) is 29.8 Å². The first-order chi connectivity index (χ1) is 14.5. The molecule has 0 bridgehead atoms.